The average molecular weight is 325 g/mol. The van der Waals surface area contributed by atoms with Crippen LogP contribution in [0.1, 0.15) is 24.1 Å². The fraction of sp³-hybridized carbons (Fsp3) is 0.235. The molecule has 4 rings (SSSR count). The minimum atomic E-state index is 0.321. The lowest BCUT2D eigenvalue weighted by atomic mass is 9.93. The maximum Gasteiger partial charge on any atom is 0.299 e. The molecule has 0 saturated heterocycles. The molecule has 1 aliphatic carbocycles. The van der Waals surface area contributed by atoms with Crippen LogP contribution in [-0.4, -0.2) is 21.2 Å². The largest absolute Gasteiger partial charge is 0.409 e. The predicted octanol–water partition coefficient (Wildman–Crippen LogP) is 3.41. The van der Waals surface area contributed by atoms with Gasteiger partial charge in [-0.1, -0.05) is 41.7 Å². The van der Waals surface area contributed by atoms with Gasteiger partial charge in [-0.05, 0) is 25.7 Å². The van der Waals surface area contributed by atoms with E-state index >= 15 is 0 Å². The van der Waals surface area contributed by atoms with Gasteiger partial charge >= 0.3 is 0 Å². The second kappa shape index (κ2) is 5.96. The maximum atomic E-state index is 10.5. The van der Waals surface area contributed by atoms with Crippen molar-refractivity contribution >= 4 is 17.8 Å². The molecular weight excluding hydrogens is 310 g/mol. The molecule has 0 aliphatic heterocycles. The Balaban J connectivity index is 1.83. The molecule has 2 aromatic heterocycles. The molecule has 0 spiro atoms. The Morgan fingerprint density at radius 1 is 1.17 bits per heavy atom. The lowest BCUT2D eigenvalue weighted by molar-refractivity contribution is -0.120. The highest BCUT2D eigenvalue weighted by molar-refractivity contribution is 7.12. The molecule has 0 fully saturated rings. The predicted molar refractivity (Wildman–Crippen MR) is 88.0 cm³/mol. The molecular formula is C17H15N3O2S. The Morgan fingerprint density at radius 2 is 2.00 bits per heavy atom. The number of thiazole rings is 1. The van der Waals surface area contributed by atoms with Crippen molar-refractivity contribution in [2.24, 2.45) is 0 Å². The molecule has 1 aromatic carbocycles. The number of fused-ring (bicyclic) bond motifs is 1. The van der Waals surface area contributed by atoms with Crippen molar-refractivity contribution < 1.29 is 9.53 Å². The van der Waals surface area contributed by atoms with E-state index in [9.17, 15) is 4.79 Å². The maximum absolute atomic E-state index is 10.5. The lowest BCUT2D eigenvalue weighted by Crippen LogP contribution is -2.07. The first kappa shape index (κ1) is 14.1. The van der Waals surface area contributed by atoms with Crippen molar-refractivity contribution in [2.45, 2.75) is 25.7 Å². The van der Waals surface area contributed by atoms with E-state index in [4.69, 9.17) is 9.84 Å². The molecule has 0 unspecified atom stereocenters. The van der Waals surface area contributed by atoms with Crippen molar-refractivity contribution in [2.75, 3.05) is 0 Å². The van der Waals surface area contributed by atoms with E-state index in [2.05, 4.69) is 17.1 Å². The molecule has 0 atom stereocenters. The highest BCUT2D eigenvalue weighted by Gasteiger charge is 2.23. The molecule has 0 N–H and O–H groups in total. The van der Waals surface area contributed by atoms with Crippen LogP contribution in [0.15, 0.2) is 35.7 Å². The summed E-state index contributed by atoms with van der Waals surface area (Å²) >= 11 is 1.43. The van der Waals surface area contributed by atoms with Crippen LogP contribution in [0.4, 0.5) is 0 Å². The SMILES string of the molecule is O=COc1csc(-n2nc(-c3ccccc3)c3c2CCCC3)n1. The summed E-state index contributed by atoms with van der Waals surface area (Å²) in [6.07, 6.45) is 4.40. The fourth-order valence-electron chi connectivity index (χ4n) is 3.04. The fourth-order valence-corrected chi connectivity index (χ4v) is 3.74. The zero-order chi connectivity index (χ0) is 15.6. The van der Waals surface area contributed by atoms with Crippen molar-refractivity contribution in [1.82, 2.24) is 14.8 Å². The summed E-state index contributed by atoms with van der Waals surface area (Å²) in [5.41, 5.74) is 4.70. The van der Waals surface area contributed by atoms with Gasteiger partial charge < -0.3 is 4.74 Å². The monoisotopic (exact) mass is 325 g/mol. The Bertz CT molecular complexity index is 839. The molecule has 6 heteroatoms. The third-order valence-electron chi connectivity index (χ3n) is 4.05. The Labute approximate surface area is 137 Å². The van der Waals surface area contributed by atoms with Gasteiger partial charge in [-0.2, -0.15) is 10.1 Å². The minimum Gasteiger partial charge on any atom is -0.409 e. The van der Waals surface area contributed by atoms with Gasteiger partial charge in [-0.25, -0.2) is 4.68 Å². The first-order chi connectivity index (χ1) is 11.4. The number of rotatable bonds is 4. The third kappa shape index (κ3) is 2.55. The van der Waals surface area contributed by atoms with Crippen LogP contribution in [0.3, 0.4) is 0 Å². The van der Waals surface area contributed by atoms with Gasteiger partial charge in [0.1, 0.15) is 0 Å². The van der Waals surface area contributed by atoms with E-state index in [-0.39, 0.29) is 0 Å². The van der Waals surface area contributed by atoms with Gasteiger partial charge in [0, 0.05) is 11.1 Å². The summed E-state index contributed by atoms with van der Waals surface area (Å²) in [7, 11) is 0. The molecule has 2 heterocycles. The van der Waals surface area contributed by atoms with E-state index in [1.54, 1.807) is 5.38 Å². The molecule has 116 valence electrons. The van der Waals surface area contributed by atoms with Gasteiger partial charge in [0.15, 0.2) is 0 Å². The summed E-state index contributed by atoms with van der Waals surface area (Å²) in [6.45, 7) is 0.396. The molecule has 0 saturated carbocycles. The summed E-state index contributed by atoms with van der Waals surface area (Å²) < 4.78 is 6.74. The summed E-state index contributed by atoms with van der Waals surface area (Å²) in [5, 5.41) is 7.29. The topological polar surface area (TPSA) is 57.0 Å². The number of nitrogens with zero attached hydrogens (tertiary/aromatic N) is 3. The normalized spacial score (nSPS) is 13.6. The van der Waals surface area contributed by atoms with E-state index in [0.29, 0.717) is 12.4 Å². The highest BCUT2D eigenvalue weighted by Crippen LogP contribution is 2.33. The van der Waals surface area contributed by atoms with E-state index in [1.807, 2.05) is 22.9 Å². The second-order valence-electron chi connectivity index (χ2n) is 5.44. The van der Waals surface area contributed by atoms with Crippen LogP contribution >= 0.6 is 11.3 Å². The van der Waals surface area contributed by atoms with Gasteiger partial charge in [-0.3, -0.25) is 4.79 Å². The third-order valence-corrected chi connectivity index (χ3v) is 4.84. The zero-order valence-electron chi connectivity index (χ0n) is 12.4. The Kier molecular flexibility index (Phi) is 3.67. The van der Waals surface area contributed by atoms with Gasteiger partial charge in [-0.15, -0.1) is 0 Å². The van der Waals surface area contributed by atoms with Crippen LogP contribution in [0, 0.1) is 0 Å². The summed E-state index contributed by atoms with van der Waals surface area (Å²) in [6, 6.07) is 10.2. The molecule has 1 aliphatic rings. The molecule has 0 amide bonds. The summed E-state index contributed by atoms with van der Waals surface area (Å²) in [5.74, 6) is 0.321. The van der Waals surface area contributed by atoms with Crippen molar-refractivity contribution in [1.29, 1.82) is 0 Å². The number of ether oxygens (including phenoxy) is 1. The molecule has 0 radical (unpaired) electrons. The molecule has 23 heavy (non-hydrogen) atoms. The average Bonchev–Trinajstić information content (AvgIpc) is 3.20. The van der Waals surface area contributed by atoms with Crippen molar-refractivity contribution in [3.8, 4) is 22.3 Å². The first-order valence-electron chi connectivity index (χ1n) is 7.59. The number of benzene rings is 1. The number of carbonyl (C=O) groups is 1. The van der Waals surface area contributed by atoms with Gasteiger partial charge in [0.05, 0.1) is 16.8 Å². The standard InChI is InChI=1S/C17H15N3O2S/c21-11-22-15-10-23-17(18-15)20-14-9-5-4-8-13(14)16(19-20)12-6-2-1-3-7-12/h1-3,6-7,10-11H,4-5,8-9H2. The molecule has 3 aromatic rings. The van der Waals surface area contributed by atoms with Crippen molar-refractivity contribution in [3.63, 3.8) is 0 Å². The number of hydrogen-bond acceptors (Lipinski definition) is 5. The second-order valence-corrected chi connectivity index (χ2v) is 6.28. The van der Waals surface area contributed by atoms with Gasteiger partial charge in [0.2, 0.25) is 11.0 Å². The van der Waals surface area contributed by atoms with E-state index in [1.165, 1.54) is 29.0 Å². The van der Waals surface area contributed by atoms with Gasteiger partial charge in [0.25, 0.3) is 6.47 Å². The minimum absolute atomic E-state index is 0.321. The van der Waals surface area contributed by atoms with Crippen LogP contribution in [0.25, 0.3) is 16.4 Å². The van der Waals surface area contributed by atoms with Crippen molar-refractivity contribution in [3.05, 3.63) is 47.0 Å². The molecule has 5 nitrogen and oxygen atoms in total. The van der Waals surface area contributed by atoms with Crippen LogP contribution in [0.5, 0.6) is 5.88 Å². The van der Waals surface area contributed by atoms with E-state index in [0.717, 1.165) is 35.7 Å². The summed E-state index contributed by atoms with van der Waals surface area (Å²) in [4.78, 5) is 14.8. The zero-order valence-corrected chi connectivity index (χ0v) is 13.3. The Hall–Kier alpha value is -2.47. The van der Waals surface area contributed by atoms with E-state index < -0.39 is 0 Å². The highest BCUT2D eigenvalue weighted by atomic mass is 32.1. The van der Waals surface area contributed by atoms with Crippen LogP contribution in [0.2, 0.25) is 0 Å². The number of aromatic nitrogens is 3. The number of carbonyl (C=O) groups excluding carboxylic acids is 1. The Morgan fingerprint density at radius 3 is 2.83 bits per heavy atom. The van der Waals surface area contributed by atoms with Crippen LogP contribution < -0.4 is 4.74 Å². The van der Waals surface area contributed by atoms with Crippen LogP contribution in [-0.2, 0) is 17.6 Å². The lowest BCUT2D eigenvalue weighted by Gasteiger charge is -2.13. The quantitative estimate of drug-likeness (QED) is 0.690. The number of hydrogen-bond donors (Lipinski definition) is 0. The first-order valence-corrected chi connectivity index (χ1v) is 8.47. The molecule has 0 bridgehead atoms. The smallest absolute Gasteiger partial charge is 0.299 e.